The van der Waals surface area contributed by atoms with E-state index in [0.29, 0.717) is 0 Å². The Morgan fingerprint density at radius 3 is 3.05 bits per heavy atom. The Balaban J connectivity index is 1.64. The molecule has 4 heteroatoms. The van der Waals surface area contributed by atoms with Crippen molar-refractivity contribution in [3.8, 4) is 0 Å². The highest BCUT2D eigenvalue weighted by Crippen LogP contribution is 2.30. The van der Waals surface area contributed by atoms with E-state index >= 15 is 0 Å². The molecule has 2 aliphatic rings. The van der Waals surface area contributed by atoms with Gasteiger partial charge in [-0.25, -0.2) is 4.98 Å². The minimum Gasteiger partial charge on any atom is -0.355 e. The maximum Gasteiger partial charge on any atom is 0.143 e. The second-order valence-electron chi connectivity index (χ2n) is 5.90. The number of hydrogen-bond donors (Lipinski definition) is 1. The Labute approximate surface area is 123 Å². The summed E-state index contributed by atoms with van der Waals surface area (Å²) in [5.74, 6) is 1.89. The van der Waals surface area contributed by atoms with Crippen LogP contribution in [0.25, 0.3) is 0 Å². The quantitative estimate of drug-likeness (QED) is 0.922. The predicted molar refractivity (Wildman–Crippen MR) is 82.6 cm³/mol. The van der Waals surface area contributed by atoms with Gasteiger partial charge >= 0.3 is 0 Å². The monoisotopic (exact) mass is 323 g/mol. The standard InChI is InChI=1S/C15H22BrN3/c1-11-6-7-17-15(14(11)16)19-8-2-3-12(10-19)9-18-13-4-5-13/h6-7,12-13,18H,2-5,8-10H2,1H3. The molecule has 1 atom stereocenters. The topological polar surface area (TPSA) is 28.2 Å². The van der Waals surface area contributed by atoms with Gasteiger partial charge in [-0.15, -0.1) is 0 Å². The number of aryl methyl sites for hydroxylation is 1. The highest BCUT2D eigenvalue weighted by molar-refractivity contribution is 9.10. The van der Waals surface area contributed by atoms with Gasteiger partial charge in [0, 0.05) is 25.3 Å². The molecular weight excluding hydrogens is 302 g/mol. The van der Waals surface area contributed by atoms with E-state index in [9.17, 15) is 0 Å². The minimum absolute atomic E-state index is 0.767. The summed E-state index contributed by atoms with van der Waals surface area (Å²) in [6.45, 7) is 5.57. The van der Waals surface area contributed by atoms with E-state index in [4.69, 9.17) is 0 Å². The molecule has 104 valence electrons. The Bertz CT molecular complexity index is 445. The number of aromatic nitrogens is 1. The Kier molecular flexibility index (Phi) is 4.08. The molecule has 1 unspecified atom stereocenters. The first-order valence-corrected chi connectivity index (χ1v) is 8.13. The average molecular weight is 324 g/mol. The number of hydrogen-bond acceptors (Lipinski definition) is 3. The van der Waals surface area contributed by atoms with E-state index in [2.05, 4.69) is 44.1 Å². The van der Waals surface area contributed by atoms with Crippen molar-refractivity contribution in [3.05, 3.63) is 22.3 Å². The number of nitrogens with one attached hydrogen (secondary N) is 1. The summed E-state index contributed by atoms with van der Waals surface area (Å²) in [6, 6.07) is 2.88. The molecule has 2 fully saturated rings. The zero-order chi connectivity index (χ0) is 13.2. The van der Waals surface area contributed by atoms with Gasteiger partial charge in [0.25, 0.3) is 0 Å². The maximum absolute atomic E-state index is 4.56. The van der Waals surface area contributed by atoms with E-state index in [1.165, 1.54) is 37.8 Å². The summed E-state index contributed by atoms with van der Waals surface area (Å²) in [5, 5.41) is 3.67. The molecule has 0 amide bonds. The van der Waals surface area contributed by atoms with Gasteiger partial charge in [0.2, 0.25) is 0 Å². The summed E-state index contributed by atoms with van der Waals surface area (Å²) in [4.78, 5) is 7.01. The molecule has 1 saturated heterocycles. The Hall–Kier alpha value is -0.610. The van der Waals surface area contributed by atoms with Crippen LogP contribution in [-0.2, 0) is 0 Å². The van der Waals surface area contributed by atoms with Crippen molar-refractivity contribution >= 4 is 21.7 Å². The summed E-state index contributed by atoms with van der Waals surface area (Å²) in [6.07, 6.45) is 7.29. The van der Waals surface area contributed by atoms with Crippen molar-refractivity contribution < 1.29 is 0 Å². The molecule has 1 saturated carbocycles. The lowest BCUT2D eigenvalue weighted by Crippen LogP contribution is -2.40. The summed E-state index contributed by atoms with van der Waals surface area (Å²) in [5.41, 5.74) is 1.27. The second kappa shape index (κ2) is 5.80. The Morgan fingerprint density at radius 2 is 2.26 bits per heavy atom. The molecule has 0 aromatic carbocycles. The van der Waals surface area contributed by atoms with Crippen molar-refractivity contribution in [2.24, 2.45) is 5.92 Å². The van der Waals surface area contributed by atoms with Gasteiger partial charge in [-0.2, -0.15) is 0 Å². The molecular formula is C15H22BrN3. The molecule has 3 rings (SSSR count). The first kappa shape index (κ1) is 13.4. The fourth-order valence-corrected chi connectivity index (χ4v) is 3.28. The number of halogens is 1. The third-order valence-corrected chi connectivity index (χ3v) is 5.14. The highest BCUT2D eigenvalue weighted by atomic mass is 79.9. The number of nitrogens with zero attached hydrogens (tertiary/aromatic N) is 2. The molecule has 19 heavy (non-hydrogen) atoms. The molecule has 1 aromatic heterocycles. The third-order valence-electron chi connectivity index (χ3n) is 4.15. The van der Waals surface area contributed by atoms with Crippen molar-refractivity contribution in [2.75, 3.05) is 24.5 Å². The summed E-state index contributed by atoms with van der Waals surface area (Å²) >= 11 is 3.69. The molecule has 1 N–H and O–H groups in total. The van der Waals surface area contributed by atoms with Crippen LogP contribution in [0, 0.1) is 12.8 Å². The van der Waals surface area contributed by atoms with Gasteiger partial charge in [0.15, 0.2) is 0 Å². The molecule has 2 heterocycles. The molecule has 1 aliphatic carbocycles. The van der Waals surface area contributed by atoms with E-state index in [0.717, 1.165) is 35.3 Å². The van der Waals surface area contributed by atoms with Crippen LogP contribution in [0.15, 0.2) is 16.7 Å². The van der Waals surface area contributed by atoms with E-state index in [-0.39, 0.29) is 0 Å². The van der Waals surface area contributed by atoms with Crippen LogP contribution in [0.3, 0.4) is 0 Å². The lowest BCUT2D eigenvalue weighted by molar-refractivity contribution is 0.389. The smallest absolute Gasteiger partial charge is 0.143 e. The van der Waals surface area contributed by atoms with E-state index in [1.807, 2.05) is 6.20 Å². The predicted octanol–water partition coefficient (Wildman–Crippen LogP) is 3.12. The van der Waals surface area contributed by atoms with Crippen molar-refractivity contribution in [1.82, 2.24) is 10.3 Å². The molecule has 0 bridgehead atoms. The molecule has 0 spiro atoms. The van der Waals surface area contributed by atoms with Crippen molar-refractivity contribution in [1.29, 1.82) is 0 Å². The largest absolute Gasteiger partial charge is 0.355 e. The van der Waals surface area contributed by atoms with E-state index < -0.39 is 0 Å². The average Bonchev–Trinajstić information content (AvgIpc) is 3.24. The van der Waals surface area contributed by atoms with Crippen LogP contribution in [0.5, 0.6) is 0 Å². The SMILES string of the molecule is Cc1ccnc(N2CCCC(CNC3CC3)C2)c1Br. The van der Waals surface area contributed by atoms with E-state index in [1.54, 1.807) is 0 Å². The third kappa shape index (κ3) is 3.29. The fourth-order valence-electron chi connectivity index (χ4n) is 2.79. The highest BCUT2D eigenvalue weighted by Gasteiger charge is 2.26. The van der Waals surface area contributed by atoms with Crippen molar-refractivity contribution in [3.63, 3.8) is 0 Å². The van der Waals surface area contributed by atoms with Gasteiger partial charge in [0.05, 0.1) is 4.47 Å². The molecule has 1 aromatic rings. The van der Waals surface area contributed by atoms with Crippen LogP contribution >= 0.6 is 15.9 Å². The zero-order valence-electron chi connectivity index (χ0n) is 11.5. The molecule has 3 nitrogen and oxygen atoms in total. The van der Waals surface area contributed by atoms with Crippen LogP contribution in [0.4, 0.5) is 5.82 Å². The normalized spacial score (nSPS) is 23.7. The summed E-state index contributed by atoms with van der Waals surface area (Å²) in [7, 11) is 0. The first-order valence-electron chi connectivity index (χ1n) is 7.33. The molecule has 0 radical (unpaired) electrons. The number of anilines is 1. The van der Waals surface area contributed by atoms with Gasteiger partial charge in [-0.3, -0.25) is 0 Å². The number of pyridine rings is 1. The van der Waals surface area contributed by atoms with Gasteiger partial charge in [0.1, 0.15) is 5.82 Å². The van der Waals surface area contributed by atoms with Gasteiger partial charge < -0.3 is 10.2 Å². The van der Waals surface area contributed by atoms with Gasteiger partial charge in [-0.1, -0.05) is 0 Å². The lowest BCUT2D eigenvalue weighted by Gasteiger charge is -2.34. The fraction of sp³-hybridized carbons (Fsp3) is 0.667. The maximum atomic E-state index is 4.56. The zero-order valence-corrected chi connectivity index (χ0v) is 13.1. The number of piperidine rings is 1. The lowest BCUT2D eigenvalue weighted by atomic mass is 9.98. The first-order chi connectivity index (χ1) is 9.24. The molecule has 1 aliphatic heterocycles. The number of rotatable bonds is 4. The summed E-state index contributed by atoms with van der Waals surface area (Å²) < 4.78 is 1.16. The van der Waals surface area contributed by atoms with Crippen LogP contribution < -0.4 is 10.2 Å². The second-order valence-corrected chi connectivity index (χ2v) is 6.70. The van der Waals surface area contributed by atoms with Crippen LogP contribution in [-0.4, -0.2) is 30.7 Å². The van der Waals surface area contributed by atoms with Crippen LogP contribution in [0.2, 0.25) is 0 Å². The van der Waals surface area contributed by atoms with Gasteiger partial charge in [-0.05, 0) is 72.6 Å². The van der Waals surface area contributed by atoms with Crippen molar-refractivity contribution in [2.45, 2.75) is 38.6 Å². The van der Waals surface area contributed by atoms with Crippen LogP contribution in [0.1, 0.15) is 31.2 Å². The Morgan fingerprint density at radius 1 is 1.42 bits per heavy atom. The minimum atomic E-state index is 0.767.